The highest BCUT2D eigenvalue weighted by Crippen LogP contribution is 2.27. The van der Waals surface area contributed by atoms with Crippen molar-refractivity contribution >= 4 is 11.8 Å². The number of rotatable bonds is 8. The average molecular weight is 376 g/mol. The predicted molar refractivity (Wildman–Crippen MR) is 104 cm³/mol. The zero-order chi connectivity index (χ0) is 19.6. The van der Waals surface area contributed by atoms with E-state index in [1.54, 1.807) is 25.3 Å². The van der Waals surface area contributed by atoms with Gasteiger partial charge in [-0.1, -0.05) is 31.9 Å². The summed E-state index contributed by atoms with van der Waals surface area (Å²) in [5.41, 5.74) is 0.694. The van der Waals surface area contributed by atoms with Crippen molar-refractivity contribution in [1.82, 2.24) is 5.32 Å². The van der Waals surface area contributed by atoms with Crippen LogP contribution in [0.3, 0.4) is 0 Å². The van der Waals surface area contributed by atoms with Gasteiger partial charge in [-0.15, -0.1) is 0 Å². The maximum Gasteiger partial charge on any atom is 0.256 e. The Hall–Kier alpha value is -2.37. The molecule has 1 aromatic carbocycles. The van der Waals surface area contributed by atoms with Crippen molar-refractivity contribution in [1.29, 1.82) is 0 Å². The van der Waals surface area contributed by atoms with Crippen LogP contribution < -0.4 is 10.1 Å². The minimum Gasteiger partial charge on any atom is -0.493 e. The maximum atomic E-state index is 14.3. The van der Waals surface area contributed by atoms with Gasteiger partial charge in [0.15, 0.2) is 0 Å². The van der Waals surface area contributed by atoms with E-state index in [9.17, 15) is 9.18 Å². The first-order valence-electron chi connectivity index (χ1n) is 9.50. The molecule has 27 heavy (non-hydrogen) atoms. The molecule has 6 heteroatoms. The summed E-state index contributed by atoms with van der Waals surface area (Å²) in [6.45, 7) is 2.54. The Balaban J connectivity index is 2.07. The zero-order valence-corrected chi connectivity index (χ0v) is 16.4. The lowest BCUT2D eigenvalue weighted by molar-refractivity contribution is -0.117. The van der Waals surface area contributed by atoms with Gasteiger partial charge in [-0.3, -0.25) is 9.79 Å². The first-order chi connectivity index (χ1) is 13.1. The molecule has 148 valence electrons. The Morgan fingerprint density at radius 3 is 2.74 bits per heavy atom. The van der Waals surface area contributed by atoms with Crippen molar-refractivity contribution in [2.24, 2.45) is 10.9 Å². The second-order valence-electron chi connectivity index (χ2n) is 6.62. The van der Waals surface area contributed by atoms with E-state index in [0.29, 0.717) is 35.8 Å². The van der Waals surface area contributed by atoms with Crippen molar-refractivity contribution in [3.63, 3.8) is 0 Å². The molecule has 1 aromatic rings. The summed E-state index contributed by atoms with van der Waals surface area (Å²) in [5.74, 6) is 0.514. The van der Waals surface area contributed by atoms with Crippen LogP contribution in [-0.4, -0.2) is 32.6 Å². The number of allylic oxidation sites excluding steroid dienone is 1. The van der Waals surface area contributed by atoms with Crippen LogP contribution in [-0.2, 0) is 16.1 Å². The third-order valence-corrected chi connectivity index (χ3v) is 4.73. The summed E-state index contributed by atoms with van der Waals surface area (Å²) in [5, 5.41) is 2.75. The maximum absolute atomic E-state index is 14.3. The summed E-state index contributed by atoms with van der Waals surface area (Å²) < 4.78 is 25.4. The van der Waals surface area contributed by atoms with E-state index in [2.05, 4.69) is 10.3 Å². The number of halogens is 1. The fourth-order valence-corrected chi connectivity index (χ4v) is 3.30. The lowest BCUT2D eigenvalue weighted by atomic mass is 10.1. The number of ether oxygens (including phenoxy) is 2. The van der Waals surface area contributed by atoms with Crippen molar-refractivity contribution in [3.8, 4) is 5.75 Å². The minimum atomic E-state index is -0.392. The van der Waals surface area contributed by atoms with Gasteiger partial charge in [-0.05, 0) is 37.3 Å². The van der Waals surface area contributed by atoms with Gasteiger partial charge in [-0.2, -0.15) is 0 Å². The van der Waals surface area contributed by atoms with Gasteiger partial charge in [-0.25, -0.2) is 4.39 Å². The average Bonchev–Trinajstić information content (AvgIpc) is 3.19. The van der Waals surface area contributed by atoms with Crippen LogP contribution in [0.1, 0.15) is 44.6 Å². The van der Waals surface area contributed by atoms with Crippen molar-refractivity contribution in [2.45, 2.75) is 45.6 Å². The molecule has 0 aromatic heterocycles. The van der Waals surface area contributed by atoms with Crippen LogP contribution in [0.5, 0.6) is 5.75 Å². The molecular weight excluding hydrogens is 347 g/mol. The number of aliphatic imine (C=N–C) groups is 1. The van der Waals surface area contributed by atoms with Gasteiger partial charge in [0.1, 0.15) is 11.6 Å². The molecule has 0 heterocycles. The second kappa shape index (κ2) is 10.7. The molecular formula is C21H29FN2O3. The number of nitrogens with one attached hydrogen (secondary N) is 1. The summed E-state index contributed by atoms with van der Waals surface area (Å²) in [7, 11) is 3.02. The molecule has 0 bridgehead atoms. The van der Waals surface area contributed by atoms with E-state index < -0.39 is 5.82 Å². The number of hydrogen-bond acceptors (Lipinski definition) is 4. The number of carbonyl (C=O) groups excluding carboxylic acids is 1. The highest BCUT2D eigenvalue weighted by molar-refractivity contribution is 6.18. The SMILES string of the molecule is CC/C=C(C(=O)NCc1c(F)cccc1OCC1CCCC1)\C(=N/C)OC. The normalized spacial score (nSPS) is 15.7. The molecule has 1 saturated carbocycles. The van der Waals surface area contributed by atoms with Crippen LogP contribution in [0.25, 0.3) is 0 Å². The van der Waals surface area contributed by atoms with E-state index in [4.69, 9.17) is 9.47 Å². The number of methoxy groups -OCH3 is 1. The topological polar surface area (TPSA) is 59.9 Å². The van der Waals surface area contributed by atoms with Crippen LogP contribution in [0, 0.1) is 11.7 Å². The number of amides is 1. The van der Waals surface area contributed by atoms with Crippen LogP contribution in [0.2, 0.25) is 0 Å². The lowest BCUT2D eigenvalue weighted by Crippen LogP contribution is -2.29. The molecule has 1 fully saturated rings. The van der Waals surface area contributed by atoms with Gasteiger partial charge >= 0.3 is 0 Å². The van der Waals surface area contributed by atoms with E-state index in [-0.39, 0.29) is 18.3 Å². The first kappa shape index (κ1) is 20.9. The number of hydrogen-bond donors (Lipinski definition) is 1. The Bertz CT molecular complexity index is 695. The van der Waals surface area contributed by atoms with Crippen LogP contribution in [0.15, 0.2) is 34.8 Å². The second-order valence-corrected chi connectivity index (χ2v) is 6.62. The highest BCUT2D eigenvalue weighted by atomic mass is 19.1. The summed E-state index contributed by atoms with van der Waals surface area (Å²) in [6, 6.07) is 4.75. The van der Waals surface area contributed by atoms with E-state index in [1.165, 1.54) is 26.0 Å². The van der Waals surface area contributed by atoms with E-state index in [1.807, 2.05) is 6.92 Å². The zero-order valence-electron chi connectivity index (χ0n) is 16.4. The quantitative estimate of drug-likeness (QED) is 0.423. The molecule has 0 radical (unpaired) electrons. The van der Waals surface area contributed by atoms with Gasteiger partial charge < -0.3 is 14.8 Å². The minimum absolute atomic E-state index is 0.0350. The molecule has 0 atom stereocenters. The smallest absolute Gasteiger partial charge is 0.256 e. The monoisotopic (exact) mass is 376 g/mol. The molecule has 5 nitrogen and oxygen atoms in total. The summed E-state index contributed by atoms with van der Waals surface area (Å²) in [6.07, 6.45) is 7.16. The molecule has 1 aliphatic rings. The molecule has 1 aliphatic carbocycles. The third kappa shape index (κ3) is 5.81. The van der Waals surface area contributed by atoms with Crippen molar-refractivity contribution in [3.05, 3.63) is 41.2 Å². The fourth-order valence-electron chi connectivity index (χ4n) is 3.30. The molecule has 0 saturated heterocycles. The molecule has 0 aliphatic heterocycles. The largest absolute Gasteiger partial charge is 0.493 e. The Labute approximate surface area is 160 Å². The predicted octanol–water partition coefficient (Wildman–Crippen LogP) is 4.02. The molecule has 0 unspecified atom stereocenters. The fraction of sp³-hybridized carbons (Fsp3) is 0.524. The van der Waals surface area contributed by atoms with E-state index >= 15 is 0 Å². The summed E-state index contributed by atoms with van der Waals surface area (Å²) in [4.78, 5) is 16.5. The molecule has 0 spiro atoms. The molecule has 1 N–H and O–H groups in total. The number of nitrogens with zero attached hydrogens (tertiary/aromatic N) is 1. The van der Waals surface area contributed by atoms with E-state index in [0.717, 1.165) is 12.8 Å². The van der Waals surface area contributed by atoms with Gasteiger partial charge in [0.05, 0.1) is 19.3 Å². The Kier molecular flexibility index (Phi) is 8.30. The van der Waals surface area contributed by atoms with Crippen molar-refractivity contribution < 1.29 is 18.7 Å². The molecule has 1 amide bonds. The lowest BCUT2D eigenvalue weighted by Gasteiger charge is -2.16. The van der Waals surface area contributed by atoms with Gasteiger partial charge in [0.25, 0.3) is 5.91 Å². The van der Waals surface area contributed by atoms with Crippen LogP contribution >= 0.6 is 0 Å². The Morgan fingerprint density at radius 1 is 1.37 bits per heavy atom. The molecule has 2 rings (SSSR count). The van der Waals surface area contributed by atoms with Gasteiger partial charge in [0, 0.05) is 19.2 Å². The number of carbonyl (C=O) groups is 1. The van der Waals surface area contributed by atoms with Crippen LogP contribution in [0.4, 0.5) is 4.39 Å². The number of benzene rings is 1. The standard InChI is InChI=1S/C21H29FN2O3/c1-4-8-16(21(23-2)26-3)20(25)24-13-17-18(22)11-7-12-19(17)27-14-15-9-5-6-10-15/h7-8,11-12,15H,4-6,9-10,13-14H2,1-3H3,(H,24,25)/b16-8-,23-21+. The third-order valence-electron chi connectivity index (χ3n) is 4.73. The summed E-state index contributed by atoms with van der Waals surface area (Å²) >= 11 is 0. The van der Waals surface area contributed by atoms with Crippen molar-refractivity contribution in [2.75, 3.05) is 20.8 Å². The first-order valence-corrected chi connectivity index (χ1v) is 9.50. The van der Waals surface area contributed by atoms with Gasteiger partial charge in [0.2, 0.25) is 5.90 Å². The Morgan fingerprint density at radius 2 is 2.11 bits per heavy atom. The highest BCUT2D eigenvalue weighted by Gasteiger charge is 2.19.